The minimum Gasteiger partial charge on any atom is -0.381 e. The van der Waals surface area contributed by atoms with Crippen molar-refractivity contribution in [1.82, 2.24) is 15.6 Å². The third-order valence-corrected chi connectivity index (χ3v) is 2.81. The summed E-state index contributed by atoms with van der Waals surface area (Å²) in [6.45, 7) is 5.97. The van der Waals surface area contributed by atoms with Gasteiger partial charge in [0.15, 0.2) is 0 Å². The van der Waals surface area contributed by atoms with Crippen LogP contribution in [0.2, 0.25) is 0 Å². The van der Waals surface area contributed by atoms with Gasteiger partial charge in [-0.1, -0.05) is 19.9 Å². The molecule has 0 fully saturated rings. The van der Waals surface area contributed by atoms with Gasteiger partial charge >= 0.3 is 0 Å². The number of ether oxygens (including phenoxy) is 1. The fourth-order valence-corrected chi connectivity index (χ4v) is 1.68. The molecule has 0 saturated carbocycles. The zero-order chi connectivity index (χ0) is 16.2. The van der Waals surface area contributed by atoms with E-state index in [0.717, 1.165) is 5.56 Å². The maximum atomic E-state index is 11.6. The molecule has 1 heterocycles. The van der Waals surface area contributed by atoms with Crippen LogP contribution in [0, 0.1) is 5.92 Å². The second-order valence-electron chi connectivity index (χ2n) is 5.46. The first-order valence-electron chi connectivity index (χ1n) is 7.58. The van der Waals surface area contributed by atoms with Gasteiger partial charge in [-0.05, 0) is 17.5 Å². The van der Waals surface area contributed by atoms with Crippen molar-refractivity contribution in [2.24, 2.45) is 5.92 Å². The lowest BCUT2D eigenvalue weighted by molar-refractivity contribution is -0.123. The highest BCUT2D eigenvalue weighted by molar-refractivity contribution is 5.78. The first-order valence-corrected chi connectivity index (χ1v) is 7.58. The molecule has 0 aliphatic rings. The molecule has 2 N–H and O–H groups in total. The molecular formula is C16H25N3O3. The molecule has 0 radical (unpaired) electrons. The number of nitrogens with one attached hydrogen (secondary N) is 2. The summed E-state index contributed by atoms with van der Waals surface area (Å²) in [5, 5.41) is 5.49. The minimum absolute atomic E-state index is 0.0937. The first kappa shape index (κ1) is 18.1. The predicted molar refractivity (Wildman–Crippen MR) is 84.0 cm³/mol. The molecule has 0 aromatic carbocycles. The van der Waals surface area contributed by atoms with Gasteiger partial charge in [0.2, 0.25) is 11.8 Å². The predicted octanol–water partition coefficient (Wildman–Crippen LogP) is 1.27. The monoisotopic (exact) mass is 307 g/mol. The molecule has 0 bridgehead atoms. The second-order valence-corrected chi connectivity index (χ2v) is 5.46. The van der Waals surface area contributed by atoms with Crippen LogP contribution in [0.3, 0.4) is 0 Å². The minimum atomic E-state index is -0.0970. The second kappa shape index (κ2) is 10.7. The summed E-state index contributed by atoms with van der Waals surface area (Å²) in [5.74, 6) is 0.274. The standard InChI is InChI=1S/C16H25N3O3/c1-13(2)12-22-9-6-16(21)18-8-5-15(20)19-11-14-4-3-7-17-10-14/h3-4,7,10,13H,5-6,8-9,11-12H2,1-2H3,(H,18,21)(H,19,20). The Balaban J connectivity index is 2.03. The van der Waals surface area contributed by atoms with E-state index < -0.39 is 0 Å². The summed E-state index contributed by atoms with van der Waals surface area (Å²) in [4.78, 5) is 27.1. The van der Waals surface area contributed by atoms with Crippen LogP contribution in [0.5, 0.6) is 0 Å². The Hall–Kier alpha value is -1.95. The third kappa shape index (κ3) is 9.07. The number of hydrogen-bond acceptors (Lipinski definition) is 4. The van der Waals surface area contributed by atoms with Crippen LogP contribution in [0.25, 0.3) is 0 Å². The Morgan fingerprint density at radius 2 is 2.00 bits per heavy atom. The fraction of sp³-hybridized carbons (Fsp3) is 0.562. The lowest BCUT2D eigenvalue weighted by Crippen LogP contribution is -2.31. The molecule has 1 aromatic heterocycles. The average Bonchev–Trinajstić information content (AvgIpc) is 2.50. The van der Waals surface area contributed by atoms with E-state index in [1.807, 2.05) is 12.1 Å². The maximum Gasteiger partial charge on any atom is 0.222 e. The molecule has 6 heteroatoms. The van der Waals surface area contributed by atoms with Crippen LogP contribution in [0.15, 0.2) is 24.5 Å². The first-order chi connectivity index (χ1) is 10.6. The molecule has 0 atom stereocenters. The van der Waals surface area contributed by atoms with Gasteiger partial charge in [-0.25, -0.2) is 0 Å². The van der Waals surface area contributed by atoms with Crippen LogP contribution >= 0.6 is 0 Å². The van der Waals surface area contributed by atoms with E-state index in [4.69, 9.17) is 4.74 Å². The smallest absolute Gasteiger partial charge is 0.222 e. The Morgan fingerprint density at radius 1 is 1.23 bits per heavy atom. The van der Waals surface area contributed by atoms with Crippen LogP contribution in [0.1, 0.15) is 32.3 Å². The van der Waals surface area contributed by atoms with Crippen molar-refractivity contribution in [3.63, 3.8) is 0 Å². The van der Waals surface area contributed by atoms with E-state index in [-0.39, 0.29) is 18.2 Å². The van der Waals surface area contributed by atoms with Gasteiger partial charge in [0.25, 0.3) is 0 Å². The summed E-state index contributed by atoms with van der Waals surface area (Å²) < 4.78 is 5.33. The highest BCUT2D eigenvalue weighted by atomic mass is 16.5. The van der Waals surface area contributed by atoms with Gasteiger partial charge in [-0.15, -0.1) is 0 Å². The molecule has 0 spiro atoms. The van der Waals surface area contributed by atoms with Crippen molar-refractivity contribution in [3.8, 4) is 0 Å². The summed E-state index contributed by atoms with van der Waals surface area (Å²) in [6, 6.07) is 3.72. The number of carbonyl (C=O) groups is 2. The zero-order valence-electron chi connectivity index (χ0n) is 13.3. The number of hydrogen-bond donors (Lipinski definition) is 2. The molecular weight excluding hydrogens is 282 g/mol. The maximum absolute atomic E-state index is 11.6. The number of amides is 2. The quantitative estimate of drug-likeness (QED) is 0.638. The number of rotatable bonds is 10. The van der Waals surface area contributed by atoms with Crippen molar-refractivity contribution in [1.29, 1.82) is 0 Å². The largest absolute Gasteiger partial charge is 0.381 e. The summed E-state index contributed by atoms with van der Waals surface area (Å²) >= 11 is 0. The van der Waals surface area contributed by atoms with Gasteiger partial charge in [0, 0.05) is 44.9 Å². The Labute approximate surface area is 131 Å². The molecule has 0 aliphatic heterocycles. The molecule has 22 heavy (non-hydrogen) atoms. The Morgan fingerprint density at radius 3 is 2.68 bits per heavy atom. The molecule has 6 nitrogen and oxygen atoms in total. The number of nitrogens with zero attached hydrogens (tertiary/aromatic N) is 1. The van der Waals surface area contributed by atoms with E-state index >= 15 is 0 Å². The Bertz CT molecular complexity index is 449. The third-order valence-electron chi connectivity index (χ3n) is 2.81. The van der Waals surface area contributed by atoms with Gasteiger partial charge in [0.05, 0.1) is 6.61 Å². The normalized spacial score (nSPS) is 10.5. The Kier molecular flexibility index (Phi) is 8.83. The van der Waals surface area contributed by atoms with Gasteiger partial charge < -0.3 is 15.4 Å². The van der Waals surface area contributed by atoms with E-state index in [9.17, 15) is 9.59 Å². The van der Waals surface area contributed by atoms with Gasteiger partial charge in [-0.3, -0.25) is 14.6 Å². The van der Waals surface area contributed by atoms with Crippen LogP contribution < -0.4 is 10.6 Å². The van der Waals surface area contributed by atoms with Gasteiger partial charge in [0.1, 0.15) is 0 Å². The van der Waals surface area contributed by atoms with Crippen molar-refractivity contribution in [2.45, 2.75) is 33.2 Å². The number of carbonyl (C=O) groups excluding carboxylic acids is 2. The molecule has 0 saturated heterocycles. The summed E-state index contributed by atoms with van der Waals surface area (Å²) in [7, 11) is 0. The van der Waals surface area contributed by atoms with Crippen LogP contribution in [-0.4, -0.2) is 36.6 Å². The van der Waals surface area contributed by atoms with Crippen molar-refractivity contribution in [3.05, 3.63) is 30.1 Å². The zero-order valence-corrected chi connectivity index (χ0v) is 13.3. The van der Waals surface area contributed by atoms with E-state index in [1.165, 1.54) is 0 Å². The van der Waals surface area contributed by atoms with E-state index in [0.29, 0.717) is 38.6 Å². The SMILES string of the molecule is CC(C)COCCC(=O)NCCC(=O)NCc1cccnc1. The topological polar surface area (TPSA) is 80.3 Å². The molecule has 1 rings (SSSR count). The highest BCUT2D eigenvalue weighted by Gasteiger charge is 2.05. The molecule has 0 aliphatic carbocycles. The fourth-order valence-electron chi connectivity index (χ4n) is 1.68. The van der Waals surface area contributed by atoms with Crippen molar-refractivity contribution >= 4 is 11.8 Å². The summed E-state index contributed by atoms with van der Waals surface area (Å²) in [6.07, 6.45) is 3.98. The molecule has 1 aromatic rings. The molecule has 2 amide bonds. The van der Waals surface area contributed by atoms with E-state index in [1.54, 1.807) is 12.4 Å². The van der Waals surface area contributed by atoms with Crippen molar-refractivity contribution in [2.75, 3.05) is 19.8 Å². The van der Waals surface area contributed by atoms with Crippen molar-refractivity contribution < 1.29 is 14.3 Å². The summed E-state index contributed by atoms with van der Waals surface area (Å²) in [5.41, 5.74) is 0.946. The van der Waals surface area contributed by atoms with E-state index in [2.05, 4.69) is 29.5 Å². The number of aromatic nitrogens is 1. The molecule has 122 valence electrons. The van der Waals surface area contributed by atoms with Gasteiger partial charge in [-0.2, -0.15) is 0 Å². The average molecular weight is 307 g/mol. The lowest BCUT2D eigenvalue weighted by Gasteiger charge is -2.08. The molecule has 0 unspecified atom stereocenters. The lowest BCUT2D eigenvalue weighted by atomic mass is 10.2. The van der Waals surface area contributed by atoms with Crippen LogP contribution in [-0.2, 0) is 20.9 Å². The number of pyridine rings is 1. The highest BCUT2D eigenvalue weighted by Crippen LogP contribution is 1.95. The van der Waals surface area contributed by atoms with Crippen LogP contribution in [0.4, 0.5) is 0 Å².